The molecule has 32 heavy (non-hydrogen) atoms. The summed E-state index contributed by atoms with van der Waals surface area (Å²) in [7, 11) is -2.28. The van der Waals surface area contributed by atoms with Gasteiger partial charge in [0.05, 0.1) is 23.6 Å². The number of para-hydroxylation sites is 2. The Morgan fingerprint density at radius 3 is 2.53 bits per heavy atom. The van der Waals surface area contributed by atoms with Crippen molar-refractivity contribution in [3.05, 3.63) is 53.6 Å². The van der Waals surface area contributed by atoms with E-state index in [1.807, 2.05) is 0 Å². The number of sulfonamides is 1. The van der Waals surface area contributed by atoms with Gasteiger partial charge in [-0.25, -0.2) is 8.42 Å². The van der Waals surface area contributed by atoms with Crippen molar-refractivity contribution in [3.8, 4) is 5.75 Å². The average Bonchev–Trinajstić information content (AvgIpc) is 2.79. The Hall–Kier alpha value is -2.62. The second kappa shape index (κ2) is 10.3. The molecule has 0 aromatic heterocycles. The summed E-state index contributed by atoms with van der Waals surface area (Å²) in [4.78, 5) is 25.3. The summed E-state index contributed by atoms with van der Waals surface area (Å²) in [6.07, 6.45) is -0.0728. The van der Waals surface area contributed by atoms with E-state index in [1.165, 1.54) is 42.6 Å². The number of carbonyl (C=O) groups is 2. The van der Waals surface area contributed by atoms with Crippen molar-refractivity contribution >= 4 is 39.2 Å². The molecule has 1 aliphatic rings. The molecule has 1 aliphatic heterocycles. The number of benzene rings is 2. The fraction of sp³-hybridized carbons (Fsp3) is 0.364. The molecule has 1 fully saturated rings. The van der Waals surface area contributed by atoms with Crippen LogP contribution in [0, 0.1) is 5.92 Å². The van der Waals surface area contributed by atoms with Gasteiger partial charge in [0.2, 0.25) is 10.0 Å². The Balaban J connectivity index is 1.62. The predicted octanol–water partition coefficient (Wildman–Crippen LogP) is 3.32. The Bertz CT molecular complexity index is 1070. The molecule has 8 nitrogen and oxygen atoms in total. The second-order valence-electron chi connectivity index (χ2n) is 7.42. The van der Waals surface area contributed by atoms with Gasteiger partial charge in [0, 0.05) is 18.1 Å². The van der Waals surface area contributed by atoms with E-state index in [1.54, 1.807) is 24.3 Å². The normalized spacial score (nSPS) is 17.9. The number of nitrogens with one attached hydrogen (secondary N) is 1. The van der Waals surface area contributed by atoms with Gasteiger partial charge in [-0.05, 0) is 56.2 Å². The van der Waals surface area contributed by atoms with Gasteiger partial charge in [-0.3, -0.25) is 9.59 Å². The third-order valence-electron chi connectivity index (χ3n) is 5.20. The molecule has 3 rings (SSSR count). The molecule has 2 aromatic rings. The molecule has 1 saturated heterocycles. The lowest BCUT2D eigenvalue weighted by atomic mass is 10.00. The van der Waals surface area contributed by atoms with Crippen LogP contribution in [-0.2, 0) is 24.3 Å². The first kappa shape index (κ1) is 24.0. The van der Waals surface area contributed by atoms with Crippen molar-refractivity contribution in [2.24, 2.45) is 5.92 Å². The molecule has 10 heteroatoms. The highest BCUT2D eigenvalue weighted by Crippen LogP contribution is 2.26. The van der Waals surface area contributed by atoms with Crippen LogP contribution >= 0.6 is 11.6 Å². The molecular weight excluding hydrogens is 456 g/mol. The van der Waals surface area contributed by atoms with Gasteiger partial charge in [0.25, 0.3) is 5.91 Å². The summed E-state index contributed by atoms with van der Waals surface area (Å²) < 4.78 is 37.6. The van der Waals surface area contributed by atoms with Gasteiger partial charge in [-0.1, -0.05) is 23.7 Å². The van der Waals surface area contributed by atoms with Crippen LogP contribution in [0.25, 0.3) is 0 Å². The fourth-order valence-corrected chi connectivity index (χ4v) is 5.06. The van der Waals surface area contributed by atoms with Crippen molar-refractivity contribution in [3.63, 3.8) is 0 Å². The Morgan fingerprint density at radius 1 is 1.16 bits per heavy atom. The highest BCUT2D eigenvalue weighted by molar-refractivity contribution is 7.89. The molecule has 0 bridgehead atoms. The summed E-state index contributed by atoms with van der Waals surface area (Å²) in [5.74, 6) is -1.30. The third-order valence-corrected chi connectivity index (χ3v) is 7.33. The number of amides is 1. The van der Waals surface area contributed by atoms with Crippen LogP contribution in [0.3, 0.4) is 0 Å². The molecule has 2 unspecified atom stereocenters. The lowest BCUT2D eigenvalue weighted by Crippen LogP contribution is -2.43. The summed E-state index contributed by atoms with van der Waals surface area (Å²) in [6.45, 7) is 1.76. The smallest absolute Gasteiger partial charge is 0.311 e. The second-order valence-corrected chi connectivity index (χ2v) is 9.80. The van der Waals surface area contributed by atoms with Gasteiger partial charge >= 0.3 is 5.97 Å². The SMILES string of the molecule is COc1ccccc1NC(=O)C(C)OC(=O)C1CCCN(S(=O)(=O)c2ccc(Cl)cc2)C1. The molecule has 1 N–H and O–H groups in total. The first-order chi connectivity index (χ1) is 15.2. The first-order valence-electron chi connectivity index (χ1n) is 10.1. The van der Waals surface area contributed by atoms with Crippen LogP contribution < -0.4 is 10.1 Å². The Kier molecular flexibility index (Phi) is 7.76. The van der Waals surface area contributed by atoms with Gasteiger partial charge in [0.15, 0.2) is 6.10 Å². The van der Waals surface area contributed by atoms with Gasteiger partial charge in [-0.15, -0.1) is 0 Å². The maximum Gasteiger partial charge on any atom is 0.311 e. The molecule has 2 atom stereocenters. The highest BCUT2D eigenvalue weighted by Gasteiger charge is 2.35. The number of piperidine rings is 1. The monoisotopic (exact) mass is 480 g/mol. The molecule has 0 spiro atoms. The molecule has 1 heterocycles. The summed E-state index contributed by atoms with van der Waals surface area (Å²) in [6, 6.07) is 12.8. The van der Waals surface area contributed by atoms with E-state index < -0.39 is 33.9 Å². The van der Waals surface area contributed by atoms with Crippen LogP contribution in [0.4, 0.5) is 5.69 Å². The number of hydrogen-bond donors (Lipinski definition) is 1. The van der Waals surface area contributed by atoms with E-state index in [2.05, 4.69) is 5.32 Å². The van der Waals surface area contributed by atoms with E-state index in [0.717, 1.165) is 0 Å². The predicted molar refractivity (Wildman–Crippen MR) is 120 cm³/mol. The highest BCUT2D eigenvalue weighted by atomic mass is 35.5. The largest absolute Gasteiger partial charge is 0.495 e. The number of halogens is 1. The van der Waals surface area contributed by atoms with E-state index in [4.69, 9.17) is 21.1 Å². The standard InChI is InChI=1S/C22H25ClN2O6S/c1-15(21(26)24-19-7-3-4-8-20(19)30-2)31-22(27)16-6-5-13-25(14-16)32(28,29)18-11-9-17(23)10-12-18/h3-4,7-12,15-16H,5-6,13-14H2,1-2H3,(H,24,26). The van der Waals surface area contributed by atoms with Crippen molar-refractivity contribution < 1.29 is 27.5 Å². The van der Waals surface area contributed by atoms with E-state index >= 15 is 0 Å². The zero-order valence-electron chi connectivity index (χ0n) is 17.8. The van der Waals surface area contributed by atoms with Crippen LogP contribution in [0.1, 0.15) is 19.8 Å². The molecule has 2 aromatic carbocycles. The van der Waals surface area contributed by atoms with Crippen LogP contribution in [0.15, 0.2) is 53.4 Å². The van der Waals surface area contributed by atoms with Gasteiger partial charge in [0.1, 0.15) is 5.75 Å². The number of methoxy groups -OCH3 is 1. The lowest BCUT2D eigenvalue weighted by Gasteiger charge is -2.31. The van der Waals surface area contributed by atoms with Crippen LogP contribution in [-0.4, -0.2) is 50.9 Å². The van der Waals surface area contributed by atoms with Crippen LogP contribution in [0.5, 0.6) is 5.75 Å². The van der Waals surface area contributed by atoms with Crippen molar-refractivity contribution in [1.82, 2.24) is 4.31 Å². The van der Waals surface area contributed by atoms with Crippen molar-refractivity contribution in [2.45, 2.75) is 30.8 Å². The fourth-order valence-electron chi connectivity index (χ4n) is 3.41. The maximum absolute atomic E-state index is 12.9. The molecule has 1 amide bonds. The zero-order chi connectivity index (χ0) is 23.3. The minimum atomic E-state index is -3.76. The zero-order valence-corrected chi connectivity index (χ0v) is 19.4. The quantitative estimate of drug-likeness (QED) is 0.610. The minimum absolute atomic E-state index is 0.00929. The number of anilines is 1. The van der Waals surface area contributed by atoms with Gasteiger partial charge in [-0.2, -0.15) is 4.31 Å². The lowest BCUT2D eigenvalue weighted by molar-refractivity contribution is -0.158. The number of ether oxygens (including phenoxy) is 2. The third kappa shape index (κ3) is 5.59. The first-order valence-corrected chi connectivity index (χ1v) is 11.9. The average molecular weight is 481 g/mol. The molecule has 0 radical (unpaired) electrons. The van der Waals surface area contributed by atoms with Crippen molar-refractivity contribution in [2.75, 3.05) is 25.5 Å². The van der Waals surface area contributed by atoms with Crippen molar-refractivity contribution in [1.29, 1.82) is 0 Å². The molecule has 0 saturated carbocycles. The number of rotatable bonds is 7. The molecule has 172 valence electrons. The number of carbonyl (C=O) groups excluding carboxylic acids is 2. The number of hydrogen-bond acceptors (Lipinski definition) is 6. The van der Waals surface area contributed by atoms with Crippen LogP contribution in [0.2, 0.25) is 5.02 Å². The van der Waals surface area contributed by atoms with E-state index in [9.17, 15) is 18.0 Å². The molecule has 0 aliphatic carbocycles. The summed E-state index contributed by atoms with van der Waals surface area (Å²) in [5.41, 5.74) is 0.459. The van der Waals surface area contributed by atoms with E-state index in [-0.39, 0.29) is 11.4 Å². The Morgan fingerprint density at radius 2 is 1.84 bits per heavy atom. The summed E-state index contributed by atoms with van der Waals surface area (Å²) in [5, 5.41) is 3.10. The number of nitrogens with zero attached hydrogens (tertiary/aromatic N) is 1. The van der Waals surface area contributed by atoms with Gasteiger partial charge < -0.3 is 14.8 Å². The Labute approximate surface area is 192 Å². The molecular formula is C22H25ClN2O6S. The minimum Gasteiger partial charge on any atom is -0.495 e. The topological polar surface area (TPSA) is 102 Å². The number of esters is 1. The van der Waals surface area contributed by atoms with E-state index in [0.29, 0.717) is 35.8 Å². The maximum atomic E-state index is 12.9. The summed E-state index contributed by atoms with van der Waals surface area (Å²) >= 11 is 5.84.